The summed E-state index contributed by atoms with van der Waals surface area (Å²) in [4.78, 5) is 22.3. The molecule has 1 aliphatic rings. The van der Waals surface area contributed by atoms with Crippen molar-refractivity contribution < 1.29 is 23.1 Å². The average molecular weight is 277 g/mol. The SMILES string of the molecule is O=C1N[C@H](C(=O)Nc2ccc(F)c(Cl)c2F)CO1. The Kier molecular flexibility index (Phi) is 3.33. The van der Waals surface area contributed by atoms with Gasteiger partial charge in [-0.15, -0.1) is 0 Å². The molecule has 1 saturated heterocycles. The molecule has 5 nitrogen and oxygen atoms in total. The molecule has 0 bridgehead atoms. The van der Waals surface area contributed by atoms with Crippen LogP contribution in [-0.4, -0.2) is 24.6 Å². The van der Waals surface area contributed by atoms with E-state index in [9.17, 15) is 18.4 Å². The van der Waals surface area contributed by atoms with Crippen molar-refractivity contribution in [3.8, 4) is 0 Å². The second kappa shape index (κ2) is 4.77. The number of carbonyl (C=O) groups is 2. The third-order valence-corrected chi connectivity index (χ3v) is 2.63. The van der Waals surface area contributed by atoms with Crippen LogP contribution in [0.4, 0.5) is 19.3 Å². The molecule has 0 spiro atoms. The number of hydrogen-bond donors (Lipinski definition) is 2. The van der Waals surface area contributed by atoms with Gasteiger partial charge >= 0.3 is 6.09 Å². The molecule has 1 atom stereocenters. The maximum absolute atomic E-state index is 13.5. The number of nitrogens with one attached hydrogen (secondary N) is 2. The van der Waals surface area contributed by atoms with Crippen LogP contribution < -0.4 is 10.6 Å². The minimum Gasteiger partial charge on any atom is -0.447 e. The van der Waals surface area contributed by atoms with Gasteiger partial charge < -0.3 is 15.4 Å². The molecule has 8 heteroatoms. The van der Waals surface area contributed by atoms with E-state index in [0.29, 0.717) is 0 Å². The molecule has 1 fully saturated rings. The van der Waals surface area contributed by atoms with E-state index < -0.39 is 34.7 Å². The summed E-state index contributed by atoms with van der Waals surface area (Å²) in [5.41, 5.74) is -0.271. The van der Waals surface area contributed by atoms with Crippen molar-refractivity contribution in [1.82, 2.24) is 5.32 Å². The minimum absolute atomic E-state index is 0.152. The lowest BCUT2D eigenvalue weighted by molar-refractivity contribution is -0.117. The molecule has 2 amide bonds. The van der Waals surface area contributed by atoms with Gasteiger partial charge in [0.25, 0.3) is 5.91 Å². The largest absolute Gasteiger partial charge is 0.447 e. The van der Waals surface area contributed by atoms with E-state index in [2.05, 4.69) is 15.4 Å². The first kappa shape index (κ1) is 12.6. The molecule has 2 N–H and O–H groups in total. The molecule has 0 aliphatic carbocycles. The van der Waals surface area contributed by atoms with Crippen LogP contribution in [0.2, 0.25) is 5.02 Å². The number of rotatable bonds is 2. The maximum Gasteiger partial charge on any atom is 0.407 e. The lowest BCUT2D eigenvalue weighted by Crippen LogP contribution is -2.38. The third-order valence-electron chi connectivity index (χ3n) is 2.28. The second-order valence-electron chi connectivity index (χ2n) is 3.51. The standard InChI is InChI=1S/C10H7ClF2N2O3/c11-7-4(12)1-2-5(8(7)13)14-9(16)6-3-18-10(17)15-6/h1-2,6H,3H2,(H,14,16)(H,15,17)/t6-/m0/s1. The van der Waals surface area contributed by atoms with E-state index in [1.54, 1.807) is 0 Å². The van der Waals surface area contributed by atoms with Crippen molar-refractivity contribution in [2.24, 2.45) is 0 Å². The summed E-state index contributed by atoms with van der Waals surface area (Å²) in [6.45, 7) is -0.152. The molecule has 96 valence electrons. The van der Waals surface area contributed by atoms with Gasteiger partial charge in [-0.25, -0.2) is 13.6 Å². The molecule has 2 rings (SSSR count). The number of amides is 2. The van der Waals surface area contributed by atoms with Gasteiger partial charge in [0.1, 0.15) is 23.5 Å². The Morgan fingerprint density at radius 1 is 1.50 bits per heavy atom. The predicted molar refractivity (Wildman–Crippen MR) is 58.3 cm³/mol. The number of anilines is 1. The topological polar surface area (TPSA) is 67.4 Å². The molecule has 1 aromatic rings. The monoisotopic (exact) mass is 276 g/mol. The Labute approximate surface area is 105 Å². The Balaban J connectivity index is 2.12. The van der Waals surface area contributed by atoms with Gasteiger partial charge in [-0.1, -0.05) is 11.6 Å². The summed E-state index contributed by atoms with van der Waals surface area (Å²) >= 11 is 5.35. The van der Waals surface area contributed by atoms with Crippen LogP contribution in [0.15, 0.2) is 12.1 Å². The molecule has 1 aromatic carbocycles. The van der Waals surface area contributed by atoms with E-state index >= 15 is 0 Å². The molecule has 1 heterocycles. The van der Waals surface area contributed by atoms with E-state index in [4.69, 9.17) is 11.6 Å². The van der Waals surface area contributed by atoms with Crippen LogP contribution in [0.5, 0.6) is 0 Å². The van der Waals surface area contributed by atoms with Crippen LogP contribution in [-0.2, 0) is 9.53 Å². The van der Waals surface area contributed by atoms with Crippen LogP contribution in [0, 0.1) is 11.6 Å². The zero-order valence-corrected chi connectivity index (χ0v) is 9.55. The van der Waals surface area contributed by atoms with E-state index in [1.807, 2.05) is 0 Å². The van der Waals surface area contributed by atoms with Crippen LogP contribution >= 0.6 is 11.6 Å². The molecule has 0 aromatic heterocycles. The van der Waals surface area contributed by atoms with Crippen molar-refractivity contribution in [3.63, 3.8) is 0 Å². The van der Waals surface area contributed by atoms with Crippen molar-refractivity contribution in [2.45, 2.75) is 6.04 Å². The van der Waals surface area contributed by atoms with Gasteiger partial charge in [0.05, 0.1) is 5.69 Å². The van der Waals surface area contributed by atoms with Crippen molar-refractivity contribution in [2.75, 3.05) is 11.9 Å². The van der Waals surface area contributed by atoms with Gasteiger partial charge in [0.2, 0.25) is 0 Å². The summed E-state index contributed by atoms with van der Waals surface area (Å²) in [6, 6.07) is 1.04. The summed E-state index contributed by atoms with van der Waals surface area (Å²) < 4.78 is 30.9. The van der Waals surface area contributed by atoms with Crippen molar-refractivity contribution in [1.29, 1.82) is 0 Å². The summed E-state index contributed by atoms with van der Waals surface area (Å²) in [7, 11) is 0. The van der Waals surface area contributed by atoms with E-state index in [0.717, 1.165) is 12.1 Å². The van der Waals surface area contributed by atoms with Gasteiger partial charge in [-0.2, -0.15) is 0 Å². The number of cyclic esters (lactones) is 1. The molecule has 1 aliphatic heterocycles. The maximum atomic E-state index is 13.5. The Bertz CT molecular complexity index is 524. The highest BCUT2D eigenvalue weighted by molar-refractivity contribution is 6.31. The summed E-state index contributed by atoms with van der Waals surface area (Å²) in [5.74, 6) is -2.68. The second-order valence-corrected chi connectivity index (χ2v) is 3.89. The Morgan fingerprint density at radius 2 is 2.22 bits per heavy atom. The van der Waals surface area contributed by atoms with Crippen LogP contribution in [0.3, 0.4) is 0 Å². The number of benzene rings is 1. The number of alkyl carbamates (subject to hydrolysis) is 1. The fourth-order valence-electron chi connectivity index (χ4n) is 1.37. The number of ether oxygens (including phenoxy) is 1. The molecular formula is C10H7ClF2N2O3. The zero-order chi connectivity index (χ0) is 13.3. The van der Waals surface area contributed by atoms with Crippen LogP contribution in [0.1, 0.15) is 0 Å². The summed E-state index contributed by atoms with van der Waals surface area (Å²) in [6.07, 6.45) is -0.729. The molecule has 0 radical (unpaired) electrons. The fraction of sp³-hybridized carbons (Fsp3) is 0.200. The highest BCUT2D eigenvalue weighted by Crippen LogP contribution is 2.25. The van der Waals surface area contributed by atoms with E-state index in [1.165, 1.54) is 0 Å². The zero-order valence-electron chi connectivity index (χ0n) is 8.80. The molecule has 0 unspecified atom stereocenters. The van der Waals surface area contributed by atoms with Crippen molar-refractivity contribution >= 4 is 29.3 Å². The minimum atomic E-state index is -1.07. The van der Waals surface area contributed by atoms with Crippen molar-refractivity contribution in [3.05, 3.63) is 28.8 Å². The van der Waals surface area contributed by atoms with Gasteiger partial charge in [-0.3, -0.25) is 4.79 Å². The normalized spacial score (nSPS) is 18.2. The Morgan fingerprint density at radius 3 is 2.83 bits per heavy atom. The number of halogens is 3. The lowest BCUT2D eigenvalue weighted by Gasteiger charge is -2.10. The smallest absolute Gasteiger partial charge is 0.407 e. The number of hydrogen-bond acceptors (Lipinski definition) is 3. The first-order valence-electron chi connectivity index (χ1n) is 4.86. The lowest BCUT2D eigenvalue weighted by atomic mass is 10.2. The predicted octanol–water partition coefficient (Wildman–Crippen LogP) is 1.67. The molecular weight excluding hydrogens is 270 g/mol. The first-order chi connectivity index (χ1) is 8.49. The molecule has 0 saturated carbocycles. The van der Waals surface area contributed by atoms with E-state index in [-0.39, 0.29) is 12.3 Å². The van der Waals surface area contributed by atoms with Gasteiger partial charge in [0.15, 0.2) is 5.82 Å². The molecule has 18 heavy (non-hydrogen) atoms. The Hall–Kier alpha value is -1.89. The number of carbonyl (C=O) groups excluding carboxylic acids is 2. The van der Waals surface area contributed by atoms with Gasteiger partial charge in [-0.05, 0) is 12.1 Å². The highest BCUT2D eigenvalue weighted by Gasteiger charge is 2.29. The first-order valence-corrected chi connectivity index (χ1v) is 5.24. The quantitative estimate of drug-likeness (QED) is 0.808. The fourth-order valence-corrected chi connectivity index (χ4v) is 1.53. The highest BCUT2D eigenvalue weighted by atomic mass is 35.5. The summed E-state index contributed by atoms with van der Waals surface area (Å²) in [5, 5.41) is 3.69. The van der Waals surface area contributed by atoms with Gasteiger partial charge in [0, 0.05) is 0 Å². The van der Waals surface area contributed by atoms with Crippen LogP contribution in [0.25, 0.3) is 0 Å². The average Bonchev–Trinajstić information content (AvgIpc) is 2.77. The third kappa shape index (κ3) is 2.35.